The van der Waals surface area contributed by atoms with Crippen LogP contribution in [0.5, 0.6) is 0 Å². The molecule has 1 atom stereocenters. The third kappa shape index (κ3) is 4.16. The summed E-state index contributed by atoms with van der Waals surface area (Å²) in [6.07, 6.45) is 2.30. The van der Waals surface area contributed by atoms with Crippen LogP contribution in [-0.4, -0.2) is 28.8 Å². The number of hydrogen-bond acceptors (Lipinski definition) is 4. The minimum Gasteiger partial charge on any atom is -0.354 e. The van der Waals surface area contributed by atoms with Gasteiger partial charge in [-0.05, 0) is 49.4 Å². The van der Waals surface area contributed by atoms with Crippen LogP contribution in [0.15, 0.2) is 53.3 Å². The van der Waals surface area contributed by atoms with Gasteiger partial charge in [0, 0.05) is 24.2 Å². The fourth-order valence-corrected chi connectivity index (χ4v) is 4.00. The zero-order valence-electron chi connectivity index (χ0n) is 16.9. The van der Waals surface area contributed by atoms with Crippen LogP contribution in [-0.2, 0) is 11.3 Å². The molecule has 1 aliphatic rings. The van der Waals surface area contributed by atoms with Crippen LogP contribution >= 0.6 is 0 Å². The summed E-state index contributed by atoms with van der Waals surface area (Å²) in [6.45, 7) is 5.91. The number of aryl methyl sites for hydroxylation is 1. The minimum atomic E-state index is -0.265. The molecule has 0 radical (unpaired) electrons. The summed E-state index contributed by atoms with van der Waals surface area (Å²) < 4.78 is 1.29. The van der Waals surface area contributed by atoms with Crippen molar-refractivity contribution in [3.8, 4) is 0 Å². The lowest BCUT2D eigenvalue weighted by molar-refractivity contribution is -0.117. The average molecular weight is 390 g/mol. The normalized spacial score (nSPS) is 16.8. The van der Waals surface area contributed by atoms with Gasteiger partial charge in [0.15, 0.2) is 5.82 Å². The maximum Gasteiger partial charge on any atom is 0.275 e. The van der Waals surface area contributed by atoms with Crippen molar-refractivity contribution in [2.45, 2.75) is 33.2 Å². The first-order chi connectivity index (χ1) is 14.0. The van der Waals surface area contributed by atoms with E-state index in [0.717, 1.165) is 36.3 Å². The lowest BCUT2D eigenvalue weighted by Gasteiger charge is -2.32. The topological polar surface area (TPSA) is 67.2 Å². The minimum absolute atomic E-state index is 0.117. The maximum absolute atomic E-state index is 13.0. The van der Waals surface area contributed by atoms with Crippen molar-refractivity contribution in [3.05, 3.63) is 64.4 Å². The fraction of sp³-hybridized carbons (Fsp3) is 0.348. The van der Waals surface area contributed by atoms with Crippen molar-refractivity contribution in [1.29, 1.82) is 0 Å². The molecule has 29 heavy (non-hydrogen) atoms. The molecule has 0 saturated carbocycles. The van der Waals surface area contributed by atoms with Gasteiger partial charge in [-0.2, -0.15) is 5.10 Å². The number of fused-ring (bicyclic) bond motifs is 1. The molecular formula is C23H26N4O2. The summed E-state index contributed by atoms with van der Waals surface area (Å²) >= 11 is 0. The van der Waals surface area contributed by atoms with E-state index in [1.165, 1.54) is 11.1 Å². The first kappa shape index (κ1) is 19.2. The Morgan fingerprint density at radius 3 is 2.72 bits per heavy atom. The van der Waals surface area contributed by atoms with Crippen LogP contribution in [0.3, 0.4) is 0 Å². The fourth-order valence-electron chi connectivity index (χ4n) is 4.00. The SMILES string of the molecule is Cc1cccc(NC(=O)Cn2nc(N3CCC[C@H](C)C3)c3ccccc3c2=O)c1. The van der Waals surface area contributed by atoms with Gasteiger partial charge in [-0.1, -0.05) is 37.3 Å². The Morgan fingerprint density at radius 2 is 1.97 bits per heavy atom. The summed E-state index contributed by atoms with van der Waals surface area (Å²) in [5.74, 6) is 1.10. The summed E-state index contributed by atoms with van der Waals surface area (Å²) in [6, 6.07) is 15.1. The molecule has 0 aliphatic carbocycles. The molecule has 150 valence electrons. The molecule has 2 heterocycles. The third-order valence-electron chi connectivity index (χ3n) is 5.40. The molecule has 1 saturated heterocycles. The number of amides is 1. The second-order valence-corrected chi connectivity index (χ2v) is 7.94. The molecule has 1 N–H and O–H groups in total. The first-order valence-corrected chi connectivity index (χ1v) is 10.1. The molecule has 4 rings (SSSR count). The molecule has 0 unspecified atom stereocenters. The summed E-state index contributed by atoms with van der Waals surface area (Å²) in [5, 5.41) is 8.93. The van der Waals surface area contributed by atoms with Crippen LogP contribution < -0.4 is 15.8 Å². The summed E-state index contributed by atoms with van der Waals surface area (Å²) in [5.41, 5.74) is 1.54. The zero-order valence-corrected chi connectivity index (χ0v) is 16.9. The maximum atomic E-state index is 13.0. The van der Waals surface area contributed by atoms with E-state index in [0.29, 0.717) is 17.0 Å². The largest absolute Gasteiger partial charge is 0.354 e. The Labute approximate surface area is 170 Å². The quantitative estimate of drug-likeness (QED) is 0.739. The van der Waals surface area contributed by atoms with Crippen molar-refractivity contribution in [2.75, 3.05) is 23.3 Å². The van der Waals surface area contributed by atoms with Gasteiger partial charge in [0.1, 0.15) is 6.54 Å². The predicted molar refractivity (Wildman–Crippen MR) is 116 cm³/mol. The Morgan fingerprint density at radius 1 is 1.17 bits per heavy atom. The van der Waals surface area contributed by atoms with Gasteiger partial charge >= 0.3 is 0 Å². The van der Waals surface area contributed by atoms with E-state index in [2.05, 4.69) is 22.2 Å². The number of benzene rings is 2. The van der Waals surface area contributed by atoms with Crippen molar-refractivity contribution in [2.24, 2.45) is 5.92 Å². The number of carbonyl (C=O) groups excluding carboxylic acids is 1. The summed E-state index contributed by atoms with van der Waals surface area (Å²) in [7, 11) is 0. The van der Waals surface area contributed by atoms with E-state index in [1.807, 2.05) is 55.5 Å². The molecule has 1 aliphatic heterocycles. The number of nitrogens with zero attached hydrogens (tertiary/aromatic N) is 3. The molecule has 0 bridgehead atoms. The van der Waals surface area contributed by atoms with Crippen LogP contribution in [0.25, 0.3) is 10.8 Å². The Balaban J connectivity index is 1.68. The monoisotopic (exact) mass is 390 g/mol. The Hall–Kier alpha value is -3.15. The highest BCUT2D eigenvalue weighted by Crippen LogP contribution is 2.26. The van der Waals surface area contributed by atoms with E-state index < -0.39 is 0 Å². The van der Waals surface area contributed by atoms with Gasteiger partial charge in [0.2, 0.25) is 5.91 Å². The van der Waals surface area contributed by atoms with E-state index in [4.69, 9.17) is 0 Å². The molecule has 3 aromatic rings. The number of carbonyl (C=O) groups is 1. The average Bonchev–Trinajstić information content (AvgIpc) is 2.70. The zero-order chi connectivity index (χ0) is 20.4. The van der Waals surface area contributed by atoms with Crippen molar-refractivity contribution in [3.63, 3.8) is 0 Å². The molecular weight excluding hydrogens is 364 g/mol. The van der Waals surface area contributed by atoms with Gasteiger partial charge in [0.05, 0.1) is 5.39 Å². The molecule has 2 aromatic carbocycles. The third-order valence-corrected chi connectivity index (χ3v) is 5.40. The predicted octanol–water partition coefficient (Wildman–Crippen LogP) is 3.58. The lowest BCUT2D eigenvalue weighted by atomic mass is 10.00. The lowest BCUT2D eigenvalue weighted by Crippen LogP contribution is -2.38. The van der Waals surface area contributed by atoms with Gasteiger partial charge in [-0.3, -0.25) is 9.59 Å². The standard InChI is InChI=1S/C23H26N4O2/c1-16-7-5-9-18(13-16)24-21(28)15-27-23(29)20-11-4-3-10-19(20)22(25-27)26-12-6-8-17(2)14-26/h3-5,7,9-11,13,17H,6,8,12,14-15H2,1-2H3,(H,24,28)/t17-/m0/s1. The summed E-state index contributed by atoms with van der Waals surface area (Å²) in [4.78, 5) is 27.8. The van der Waals surface area contributed by atoms with E-state index >= 15 is 0 Å². The van der Waals surface area contributed by atoms with Crippen LogP contribution in [0.2, 0.25) is 0 Å². The number of nitrogens with one attached hydrogen (secondary N) is 1. The number of hydrogen-bond donors (Lipinski definition) is 1. The molecule has 1 amide bonds. The van der Waals surface area contributed by atoms with Crippen LogP contribution in [0.1, 0.15) is 25.3 Å². The van der Waals surface area contributed by atoms with Crippen LogP contribution in [0, 0.1) is 12.8 Å². The number of piperidine rings is 1. The van der Waals surface area contributed by atoms with Gasteiger partial charge < -0.3 is 10.2 Å². The highest BCUT2D eigenvalue weighted by Gasteiger charge is 2.22. The molecule has 6 nitrogen and oxygen atoms in total. The van der Waals surface area contributed by atoms with Gasteiger partial charge in [0.25, 0.3) is 5.56 Å². The molecule has 6 heteroatoms. The van der Waals surface area contributed by atoms with Crippen molar-refractivity contribution < 1.29 is 4.79 Å². The number of anilines is 2. The smallest absolute Gasteiger partial charge is 0.275 e. The molecule has 1 fully saturated rings. The number of aromatic nitrogens is 2. The van der Waals surface area contributed by atoms with E-state index in [1.54, 1.807) is 0 Å². The Kier molecular flexibility index (Phi) is 5.34. The van der Waals surface area contributed by atoms with Gasteiger partial charge in [-0.15, -0.1) is 0 Å². The highest BCUT2D eigenvalue weighted by molar-refractivity contribution is 5.93. The number of rotatable bonds is 4. The highest BCUT2D eigenvalue weighted by atomic mass is 16.2. The molecule has 0 spiro atoms. The van der Waals surface area contributed by atoms with Crippen molar-refractivity contribution in [1.82, 2.24) is 9.78 Å². The first-order valence-electron chi connectivity index (χ1n) is 10.1. The van der Waals surface area contributed by atoms with Crippen LogP contribution in [0.4, 0.5) is 11.5 Å². The molecule has 1 aromatic heterocycles. The van der Waals surface area contributed by atoms with E-state index in [9.17, 15) is 9.59 Å². The van der Waals surface area contributed by atoms with E-state index in [-0.39, 0.29) is 18.0 Å². The second-order valence-electron chi connectivity index (χ2n) is 7.94. The van der Waals surface area contributed by atoms with Crippen molar-refractivity contribution >= 4 is 28.2 Å². The second kappa shape index (κ2) is 8.07. The Bertz CT molecular complexity index is 1110. The van der Waals surface area contributed by atoms with Gasteiger partial charge in [-0.25, -0.2) is 4.68 Å².